The second kappa shape index (κ2) is 6.06. The second-order valence-corrected chi connectivity index (χ2v) is 5.42. The molecule has 0 bridgehead atoms. The Kier molecular flexibility index (Phi) is 4.43. The van der Waals surface area contributed by atoms with Crippen molar-refractivity contribution >= 4 is 15.9 Å². The summed E-state index contributed by atoms with van der Waals surface area (Å²) in [5, 5.41) is 7.53. The molecule has 0 fully saturated rings. The monoisotopic (exact) mass is 309 g/mol. The molecule has 0 amide bonds. The van der Waals surface area contributed by atoms with Gasteiger partial charge in [0.05, 0.1) is 0 Å². The van der Waals surface area contributed by atoms with E-state index < -0.39 is 0 Å². The lowest BCUT2D eigenvalue weighted by Crippen LogP contribution is -2.20. The zero-order chi connectivity index (χ0) is 13.0. The number of hydrogen-bond donors (Lipinski definition) is 1. The van der Waals surface area contributed by atoms with Crippen molar-refractivity contribution in [2.75, 3.05) is 6.54 Å². The van der Waals surface area contributed by atoms with Gasteiger partial charge >= 0.3 is 0 Å². The summed E-state index contributed by atoms with van der Waals surface area (Å²) in [5.74, 6) is 1.44. The third-order valence-corrected chi connectivity index (χ3v) is 2.85. The Morgan fingerprint density at radius 3 is 2.94 bits per heavy atom. The van der Waals surface area contributed by atoms with Gasteiger partial charge < -0.3 is 5.32 Å². The first-order valence-corrected chi connectivity index (χ1v) is 6.66. The highest BCUT2D eigenvalue weighted by atomic mass is 79.9. The van der Waals surface area contributed by atoms with Crippen LogP contribution in [-0.2, 0) is 6.54 Å². The quantitative estimate of drug-likeness (QED) is 0.919. The Morgan fingerprint density at radius 2 is 2.28 bits per heavy atom. The van der Waals surface area contributed by atoms with Crippen LogP contribution in [0.25, 0.3) is 5.82 Å². The van der Waals surface area contributed by atoms with Crippen LogP contribution >= 0.6 is 15.9 Å². The molecule has 0 spiro atoms. The molecule has 0 unspecified atom stereocenters. The molecule has 0 aliphatic heterocycles. The Balaban J connectivity index is 2.19. The molecule has 96 valence electrons. The number of aromatic nitrogens is 4. The fraction of sp³-hybridized carbons (Fsp3) is 0.417. The van der Waals surface area contributed by atoms with Crippen molar-refractivity contribution in [3.8, 4) is 5.82 Å². The molecule has 5 nitrogen and oxygen atoms in total. The van der Waals surface area contributed by atoms with Crippen molar-refractivity contribution < 1.29 is 0 Å². The SMILES string of the molecule is CC(C)CNCc1cc(Br)cnc1-n1cncn1. The van der Waals surface area contributed by atoms with E-state index in [4.69, 9.17) is 0 Å². The normalized spacial score (nSPS) is 11.1. The van der Waals surface area contributed by atoms with Crippen LogP contribution in [-0.4, -0.2) is 26.3 Å². The van der Waals surface area contributed by atoms with E-state index >= 15 is 0 Å². The molecule has 6 heteroatoms. The van der Waals surface area contributed by atoms with Gasteiger partial charge in [0.1, 0.15) is 12.7 Å². The van der Waals surface area contributed by atoms with Crippen LogP contribution in [0.1, 0.15) is 19.4 Å². The minimum atomic E-state index is 0.625. The molecule has 2 aromatic rings. The van der Waals surface area contributed by atoms with E-state index in [2.05, 4.69) is 56.2 Å². The predicted molar refractivity (Wildman–Crippen MR) is 73.4 cm³/mol. The lowest BCUT2D eigenvalue weighted by molar-refractivity contribution is 0.550. The van der Waals surface area contributed by atoms with E-state index in [0.29, 0.717) is 5.92 Å². The number of nitrogens with one attached hydrogen (secondary N) is 1. The third-order valence-electron chi connectivity index (χ3n) is 2.41. The standard InChI is InChI=1S/C12H16BrN5/c1-9(2)4-14-5-10-3-11(13)6-16-12(10)18-8-15-7-17-18/h3,6-9,14H,4-5H2,1-2H3. The number of nitrogens with zero attached hydrogens (tertiary/aromatic N) is 4. The van der Waals surface area contributed by atoms with E-state index in [1.165, 1.54) is 6.33 Å². The second-order valence-electron chi connectivity index (χ2n) is 4.50. The lowest BCUT2D eigenvalue weighted by atomic mass is 10.2. The Morgan fingerprint density at radius 1 is 1.44 bits per heavy atom. The molecule has 0 saturated heterocycles. The fourth-order valence-electron chi connectivity index (χ4n) is 1.62. The topological polar surface area (TPSA) is 55.6 Å². The molecule has 18 heavy (non-hydrogen) atoms. The largest absolute Gasteiger partial charge is 0.312 e. The van der Waals surface area contributed by atoms with E-state index in [9.17, 15) is 0 Å². The van der Waals surface area contributed by atoms with Crippen molar-refractivity contribution in [2.24, 2.45) is 5.92 Å². The van der Waals surface area contributed by atoms with Crippen LogP contribution in [0.3, 0.4) is 0 Å². The van der Waals surface area contributed by atoms with Crippen LogP contribution in [0.5, 0.6) is 0 Å². The highest BCUT2D eigenvalue weighted by Gasteiger charge is 2.08. The molecular formula is C12H16BrN5. The maximum atomic E-state index is 4.39. The highest BCUT2D eigenvalue weighted by molar-refractivity contribution is 9.10. The van der Waals surface area contributed by atoms with E-state index in [1.54, 1.807) is 17.2 Å². The lowest BCUT2D eigenvalue weighted by Gasteiger charge is -2.11. The maximum Gasteiger partial charge on any atom is 0.159 e. The summed E-state index contributed by atoms with van der Waals surface area (Å²) in [4.78, 5) is 8.34. The molecular weight excluding hydrogens is 294 g/mol. The smallest absolute Gasteiger partial charge is 0.159 e. The van der Waals surface area contributed by atoms with Gasteiger partial charge in [0.25, 0.3) is 0 Å². The number of pyridine rings is 1. The van der Waals surface area contributed by atoms with Crippen molar-refractivity contribution in [1.82, 2.24) is 25.1 Å². The molecule has 2 aromatic heterocycles. The molecule has 0 radical (unpaired) electrons. The number of rotatable bonds is 5. The average molecular weight is 310 g/mol. The number of halogens is 1. The first kappa shape index (κ1) is 13.2. The summed E-state index contributed by atoms with van der Waals surface area (Å²) in [6.07, 6.45) is 4.93. The van der Waals surface area contributed by atoms with Crippen LogP contribution < -0.4 is 5.32 Å². The van der Waals surface area contributed by atoms with Gasteiger partial charge in [0.15, 0.2) is 5.82 Å². The Bertz CT molecular complexity index is 495. The molecule has 0 aliphatic carbocycles. The van der Waals surface area contributed by atoms with Crippen LogP contribution in [0.4, 0.5) is 0 Å². The van der Waals surface area contributed by atoms with Crippen LogP contribution in [0.15, 0.2) is 29.4 Å². The summed E-state index contributed by atoms with van der Waals surface area (Å²) in [7, 11) is 0. The van der Waals surface area contributed by atoms with Crippen LogP contribution in [0, 0.1) is 5.92 Å². The first-order chi connectivity index (χ1) is 8.66. The van der Waals surface area contributed by atoms with Gasteiger partial charge in [-0.3, -0.25) is 0 Å². The molecule has 0 aliphatic rings. The molecule has 2 heterocycles. The first-order valence-electron chi connectivity index (χ1n) is 5.87. The Hall–Kier alpha value is -1.27. The molecule has 0 aromatic carbocycles. The van der Waals surface area contributed by atoms with Gasteiger partial charge in [-0.05, 0) is 34.5 Å². The zero-order valence-electron chi connectivity index (χ0n) is 10.5. The van der Waals surface area contributed by atoms with Gasteiger partial charge in [-0.25, -0.2) is 14.6 Å². The van der Waals surface area contributed by atoms with Gasteiger partial charge in [0, 0.05) is 22.8 Å². The summed E-state index contributed by atoms with van der Waals surface area (Å²) in [6.45, 7) is 6.11. The predicted octanol–water partition coefficient (Wildman–Crippen LogP) is 2.17. The molecule has 2 rings (SSSR count). The van der Waals surface area contributed by atoms with E-state index in [1.807, 2.05) is 0 Å². The fourth-order valence-corrected chi connectivity index (χ4v) is 2.00. The van der Waals surface area contributed by atoms with E-state index in [-0.39, 0.29) is 0 Å². The molecule has 1 N–H and O–H groups in total. The highest BCUT2D eigenvalue weighted by Crippen LogP contribution is 2.16. The van der Waals surface area contributed by atoms with E-state index in [0.717, 1.165) is 28.9 Å². The van der Waals surface area contributed by atoms with Gasteiger partial charge in [0.2, 0.25) is 0 Å². The van der Waals surface area contributed by atoms with Gasteiger partial charge in [-0.1, -0.05) is 13.8 Å². The average Bonchev–Trinajstić information content (AvgIpc) is 2.82. The van der Waals surface area contributed by atoms with Crippen molar-refractivity contribution in [2.45, 2.75) is 20.4 Å². The number of hydrogen-bond acceptors (Lipinski definition) is 4. The Labute approximate surface area is 115 Å². The van der Waals surface area contributed by atoms with Crippen molar-refractivity contribution in [3.05, 3.63) is 35.0 Å². The maximum absolute atomic E-state index is 4.39. The summed E-state index contributed by atoms with van der Waals surface area (Å²) >= 11 is 3.44. The minimum Gasteiger partial charge on any atom is -0.312 e. The van der Waals surface area contributed by atoms with Crippen molar-refractivity contribution in [3.63, 3.8) is 0 Å². The van der Waals surface area contributed by atoms with Gasteiger partial charge in [-0.15, -0.1) is 0 Å². The summed E-state index contributed by atoms with van der Waals surface area (Å²) < 4.78 is 2.64. The summed E-state index contributed by atoms with van der Waals surface area (Å²) in [5.41, 5.74) is 1.09. The van der Waals surface area contributed by atoms with Gasteiger partial charge in [-0.2, -0.15) is 5.10 Å². The molecule has 0 saturated carbocycles. The minimum absolute atomic E-state index is 0.625. The zero-order valence-corrected chi connectivity index (χ0v) is 12.1. The molecule has 0 atom stereocenters. The van der Waals surface area contributed by atoms with Crippen LogP contribution in [0.2, 0.25) is 0 Å². The third kappa shape index (κ3) is 3.36. The summed E-state index contributed by atoms with van der Waals surface area (Å²) in [6, 6.07) is 2.05. The van der Waals surface area contributed by atoms with Crippen molar-refractivity contribution in [1.29, 1.82) is 0 Å².